The van der Waals surface area contributed by atoms with Crippen molar-refractivity contribution in [3.05, 3.63) is 35.9 Å². The molecule has 3 amide bonds. The van der Waals surface area contributed by atoms with Gasteiger partial charge in [0.2, 0.25) is 17.7 Å². The molecule has 0 aliphatic heterocycles. The second kappa shape index (κ2) is 10.3. The van der Waals surface area contributed by atoms with Gasteiger partial charge in [0.25, 0.3) is 0 Å². The number of nitrogens with one attached hydrogen (secondary N) is 2. The van der Waals surface area contributed by atoms with Crippen LogP contribution in [0.4, 0.5) is 0 Å². The van der Waals surface area contributed by atoms with E-state index in [9.17, 15) is 14.4 Å². The highest BCUT2D eigenvalue weighted by atomic mass is 16.2. The minimum atomic E-state index is -0.697. The van der Waals surface area contributed by atoms with Gasteiger partial charge in [-0.3, -0.25) is 14.4 Å². The summed E-state index contributed by atoms with van der Waals surface area (Å²) in [6.45, 7) is 0.272. The third-order valence-corrected chi connectivity index (χ3v) is 3.24. The van der Waals surface area contributed by atoms with Crippen molar-refractivity contribution in [1.82, 2.24) is 10.6 Å². The molecular weight excluding hydrogens is 296 g/mol. The van der Waals surface area contributed by atoms with Crippen LogP contribution >= 0.6 is 0 Å². The summed E-state index contributed by atoms with van der Waals surface area (Å²) in [5.74, 6) is -1.29. The summed E-state index contributed by atoms with van der Waals surface area (Å²) in [4.78, 5) is 34.9. The number of hydrogen-bond acceptors (Lipinski definition) is 4. The lowest BCUT2D eigenvalue weighted by Gasteiger charge is -2.18. The predicted octanol–water partition coefficient (Wildman–Crippen LogP) is -0.556. The van der Waals surface area contributed by atoms with Crippen molar-refractivity contribution in [3.8, 4) is 0 Å². The minimum absolute atomic E-state index is 0.192. The maximum Gasteiger partial charge on any atom is 0.243 e. The van der Waals surface area contributed by atoms with Gasteiger partial charge in [0.1, 0.15) is 6.04 Å². The summed E-state index contributed by atoms with van der Waals surface area (Å²) < 4.78 is 0. The Labute approximate surface area is 135 Å². The first-order chi connectivity index (χ1) is 11.0. The van der Waals surface area contributed by atoms with Gasteiger partial charge in [-0.2, -0.15) is 0 Å². The molecule has 1 aromatic carbocycles. The van der Waals surface area contributed by atoms with Crippen LogP contribution in [0.5, 0.6) is 0 Å². The maximum absolute atomic E-state index is 12.1. The molecule has 6 N–H and O–H groups in total. The normalized spacial score (nSPS) is 11.5. The molecule has 1 rings (SSSR count). The van der Waals surface area contributed by atoms with Crippen molar-refractivity contribution in [2.75, 3.05) is 13.1 Å². The summed E-state index contributed by atoms with van der Waals surface area (Å²) in [6.07, 6.45) is 2.12. The summed E-state index contributed by atoms with van der Waals surface area (Å²) in [5, 5.41) is 5.12. The van der Waals surface area contributed by atoms with Crippen LogP contribution in [0.25, 0.3) is 0 Å². The molecule has 0 aliphatic rings. The van der Waals surface area contributed by atoms with Crippen LogP contribution in [-0.2, 0) is 20.8 Å². The number of hydrogen-bond donors (Lipinski definition) is 4. The monoisotopic (exact) mass is 320 g/mol. The standard InChI is InChI=1S/C16H24N4O3/c17-9-5-4-8-13(16(23)19-11-14(18)21)20-15(22)10-12-6-2-1-3-7-12/h1-3,6-7,13H,4-5,8-11,17H2,(H2,18,21)(H,19,23)(H,20,22)/t13-/m0/s1. The fourth-order valence-electron chi connectivity index (χ4n) is 2.09. The first-order valence-electron chi connectivity index (χ1n) is 7.62. The molecule has 0 unspecified atom stereocenters. The molecule has 0 spiro atoms. The molecule has 1 aromatic rings. The Morgan fingerprint density at radius 2 is 1.78 bits per heavy atom. The lowest BCUT2D eigenvalue weighted by atomic mass is 10.1. The number of amides is 3. The maximum atomic E-state index is 12.1. The molecule has 0 heterocycles. The molecule has 0 saturated carbocycles. The minimum Gasteiger partial charge on any atom is -0.368 e. The van der Waals surface area contributed by atoms with Crippen LogP contribution in [0.2, 0.25) is 0 Å². The first kappa shape index (κ1) is 18.6. The molecule has 0 saturated heterocycles. The van der Waals surface area contributed by atoms with E-state index in [4.69, 9.17) is 11.5 Å². The first-order valence-corrected chi connectivity index (χ1v) is 7.62. The molecule has 0 aliphatic carbocycles. The van der Waals surface area contributed by atoms with Crippen LogP contribution in [0.3, 0.4) is 0 Å². The summed E-state index contributed by atoms with van der Waals surface area (Å²) in [7, 11) is 0. The largest absolute Gasteiger partial charge is 0.368 e. The Bertz CT molecular complexity index is 519. The molecule has 126 valence electrons. The zero-order valence-corrected chi connectivity index (χ0v) is 13.1. The fourth-order valence-corrected chi connectivity index (χ4v) is 2.09. The summed E-state index contributed by atoms with van der Waals surface area (Å²) in [6, 6.07) is 8.56. The van der Waals surface area contributed by atoms with Gasteiger partial charge in [-0.25, -0.2) is 0 Å². The average molecular weight is 320 g/mol. The quantitative estimate of drug-likeness (QED) is 0.431. The van der Waals surface area contributed by atoms with E-state index in [0.717, 1.165) is 12.0 Å². The Hall–Kier alpha value is -2.41. The Morgan fingerprint density at radius 1 is 1.09 bits per heavy atom. The van der Waals surface area contributed by atoms with Gasteiger partial charge >= 0.3 is 0 Å². The molecule has 0 aromatic heterocycles. The topological polar surface area (TPSA) is 127 Å². The van der Waals surface area contributed by atoms with Crippen molar-refractivity contribution < 1.29 is 14.4 Å². The third kappa shape index (κ3) is 7.96. The molecule has 0 radical (unpaired) electrons. The zero-order valence-electron chi connectivity index (χ0n) is 13.1. The number of carbonyl (C=O) groups is 3. The van der Waals surface area contributed by atoms with Crippen LogP contribution in [0.15, 0.2) is 30.3 Å². The van der Waals surface area contributed by atoms with E-state index in [2.05, 4.69) is 10.6 Å². The molecular formula is C16H24N4O3. The fraction of sp³-hybridized carbons (Fsp3) is 0.438. The van der Waals surface area contributed by atoms with E-state index in [1.807, 2.05) is 30.3 Å². The van der Waals surface area contributed by atoms with E-state index in [1.165, 1.54) is 0 Å². The van der Waals surface area contributed by atoms with Crippen LogP contribution in [-0.4, -0.2) is 36.9 Å². The zero-order chi connectivity index (χ0) is 17.1. The summed E-state index contributed by atoms with van der Waals surface area (Å²) in [5.41, 5.74) is 11.3. The average Bonchev–Trinajstić information content (AvgIpc) is 2.52. The van der Waals surface area contributed by atoms with Crippen LogP contribution < -0.4 is 22.1 Å². The van der Waals surface area contributed by atoms with E-state index in [1.54, 1.807) is 0 Å². The third-order valence-electron chi connectivity index (χ3n) is 3.24. The van der Waals surface area contributed by atoms with Gasteiger partial charge in [0.15, 0.2) is 0 Å². The highest BCUT2D eigenvalue weighted by molar-refractivity contribution is 5.90. The predicted molar refractivity (Wildman–Crippen MR) is 87.2 cm³/mol. The second-order valence-electron chi connectivity index (χ2n) is 5.25. The van der Waals surface area contributed by atoms with Crippen molar-refractivity contribution >= 4 is 17.7 Å². The van der Waals surface area contributed by atoms with E-state index in [-0.39, 0.29) is 18.9 Å². The molecule has 0 bridgehead atoms. The highest BCUT2D eigenvalue weighted by Gasteiger charge is 2.20. The van der Waals surface area contributed by atoms with E-state index >= 15 is 0 Å². The Kier molecular flexibility index (Phi) is 8.38. The number of rotatable bonds is 10. The Balaban J connectivity index is 2.57. The van der Waals surface area contributed by atoms with E-state index in [0.29, 0.717) is 19.4 Å². The van der Waals surface area contributed by atoms with Crippen LogP contribution in [0.1, 0.15) is 24.8 Å². The van der Waals surface area contributed by atoms with Gasteiger partial charge in [-0.1, -0.05) is 30.3 Å². The van der Waals surface area contributed by atoms with Gasteiger partial charge in [0.05, 0.1) is 13.0 Å². The molecule has 23 heavy (non-hydrogen) atoms. The number of primary amides is 1. The van der Waals surface area contributed by atoms with E-state index < -0.39 is 17.9 Å². The van der Waals surface area contributed by atoms with Crippen molar-refractivity contribution in [2.24, 2.45) is 11.5 Å². The molecule has 0 fully saturated rings. The van der Waals surface area contributed by atoms with Crippen molar-refractivity contribution in [1.29, 1.82) is 0 Å². The van der Waals surface area contributed by atoms with Gasteiger partial charge in [-0.15, -0.1) is 0 Å². The molecule has 1 atom stereocenters. The Morgan fingerprint density at radius 3 is 2.39 bits per heavy atom. The number of unbranched alkanes of at least 4 members (excludes halogenated alkanes) is 1. The molecule has 7 nitrogen and oxygen atoms in total. The number of nitrogens with two attached hydrogens (primary N) is 2. The highest BCUT2D eigenvalue weighted by Crippen LogP contribution is 2.03. The van der Waals surface area contributed by atoms with Crippen LogP contribution in [0, 0.1) is 0 Å². The molecule has 7 heteroatoms. The van der Waals surface area contributed by atoms with Crippen molar-refractivity contribution in [2.45, 2.75) is 31.7 Å². The summed E-state index contributed by atoms with van der Waals surface area (Å²) >= 11 is 0. The second-order valence-corrected chi connectivity index (χ2v) is 5.25. The lowest BCUT2D eigenvalue weighted by Crippen LogP contribution is -2.48. The van der Waals surface area contributed by atoms with Crippen molar-refractivity contribution in [3.63, 3.8) is 0 Å². The SMILES string of the molecule is NCCCC[C@H](NC(=O)Cc1ccccc1)C(=O)NCC(N)=O. The number of carbonyl (C=O) groups excluding carboxylic acids is 3. The van der Waals surface area contributed by atoms with Gasteiger partial charge in [0, 0.05) is 0 Å². The van der Waals surface area contributed by atoms with Gasteiger partial charge in [-0.05, 0) is 31.4 Å². The number of benzene rings is 1. The smallest absolute Gasteiger partial charge is 0.243 e. The lowest BCUT2D eigenvalue weighted by molar-refractivity contribution is -0.129. The van der Waals surface area contributed by atoms with Gasteiger partial charge < -0.3 is 22.1 Å².